The molecule has 0 aromatic heterocycles. The van der Waals surface area contributed by atoms with Gasteiger partial charge in [0.05, 0.1) is 21.3 Å². The second-order valence-corrected chi connectivity index (χ2v) is 7.02. The minimum atomic E-state index is -5.54. The number of hydrogen-bond acceptors (Lipinski definition) is 8. The monoisotopic (exact) mass is 508 g/mol. The number of benzene rings is 2. The van der Waals surface area contributed by atoms with E-state index < -0.39 is 32.1 Å². The molecule has 0 atom stereocenters. The van der Waals surface area contributed by atoms with Crippen LogP contribution in [0.15, 0.2) is 30.3 Å². The minimum absolute atomic E-state index is 0. The predicted molar refractivity (Wildman–Crippen MR) is 101 cm³/mol. The molecule has 0 radical (unpaired) electrons. The van der Waals surface area contributed by atoms with Crippen molar-refractivity contribution < 1.29 is 110 Å². The van der Waals surface area contributed by atoms with Gasteiger partial charge in [-0.25, -0.2) is 0 Å². The Morgan fingerprint density at radius 2 is 1.36 bits per heavy atom. The molecule has 0 aliphatic rings. The summed E-state index contributed by atoms with van der Waals surface area (Å²) in [5.74, 6) is -0.0513. The van der Waals surface area contributed by atoms with E-state index in [4.69, 9.17) is 14.2 Å². The Bertz CT molecular complexity index is 970. The zero-order chi connectivity index (χ0) is 23.2. The van der Waals surface area contributed by atoms with Gasteiger partial charge in [0.25, 0.3) is 0 Å². The van der Waals surface area contributed by atoms with Gasteiger partial charge in [-0.15, -0.1) is 0 Å². The first-order chi connectivity index (χ1) is 14.5. The van der Waals surface area contributed by atoms with Crippen LogP contribution in [0.3, 0.4) is 0 Å². The number of methoxy groups -OCH3 is 3. The summed E-state index contributed by atoms with van der Waals surface area (Å²) in [6.07, 6.45) is -1.57. The van der Waals surface area contributed by atoms with Crippen LogP contribution in [0, 0.1) is 0 Å². The van der Waals surface area contributed by atoms with Crippen LogP contribution in [-0.2, 0) is 4.57 Å². The van der Waals surface area contributed by atoms with Gasteiger partial charge in [0.15, 0.2) is 29.6 Å². The van der Waals surface area contributed by atoms with Crippen LogP contribution in [0.2, 0.25) is 0 Å². The van der Waals surface area contributed by atoms with Crippen molar-refractivity contribution >= 4 is 20.0 Å². The second kappa shape index (κ2) is 13.9. The smallest absolute Gasteiger partial charge is 0.780 e. The summed E-state index contributed by atoms with van der Waals surface area (Å²) in [6.45, 7) is -1.69. The molecule has 0 saturated heterocycles. The van der Waals surface area contributed by atoms with Gasteiger partial charge in [-0.05, 0) is 35.4 Å². The maximum Gasteiger partial charge on any atom is 1.00 e. The number of hydrogen-bond donors (Lipinski definition) is 0. The molecule has 14 heteroatoms. The summed E-state index contributed by atoms with van der Waals surface area (Å²) in [6, 6.07) is 6.75. The molecule has 0 fully saturated rings. The van der Waals surface area contributed by atoms with Crippen LogP contribution in [-0.4, -0.2) is 34.1 Å². The van der Waals surface area contributed by atoms with E-state index >= 15 is 0 Å². The second-order valence-electron chi connectivity index (χ2n) is 5.94. The predicted octanol–water partition coefficient (Wildman–Crippen LogP) is -2.96. The molecular weight excluding hydrogens is 490 g/mol. The van der Waals surface area contributed by atoms with Crippen molar-refractivity contribution in [3.8, 4) is 28.7 Å². The van der Waals surface area contributed by atoms with E-state index in [2.05, 4.69) is 9.26 Å². The average molecular weight is 508 g/mol. The van der Waals surface area contributed by atoms with Crippen molar-refractivity contribution in [2.45, 2.75) is 6.18 Å². The van der Waals surface area contributed by atoms with E-state index in [9.17, 15) is 27.5 Å². The largest absolute Gasteiger partial charge is 1.00 e. The number of rotatable bonds is 9. The SMILES string of the molecule is COc1cc(/C=C\c2ccc(OCC(F)(F)F)c(OP(=O)([O-])[O-])c2)cc(OC)c1OC.[Na+].[Na+]. The number of phosphoric ester groups is 1. The zero-order valence-corrected chi connectivity index (χ0v) is 23.5. The fourth-order valence-electron chi connectivity index (χ4n) is 2.49. The quantitative estimate of drug-likeness (QED) is 0.201. The van der Waals surface area contributed by atoms with E-state index in [1.807, 2.05) is 0 Å². The standard InChI is InChI=1S/C19H20F3O8P.2Na/c1-26-16-9-13(10-17(27-2)18(16)28-3)5-4-12-6-7-14(29-11-19(20,21)22)15(8-12)30-31(23,24)25;;/h4-10H,11H2,1-3H3,(H2,23,24,25);;/q;2*+1/p-2/b5-4-;;. The average Bonchev–Trinajstić information content (AvgIpc) is 2.68. The maximum atomic E-state index is 12.4. The minimum Gasteiger partial charge on any atom is -0.780 e. The normalized spacial score (nSPS) is 11.3. The molecule has 0 amide bonds. The molecule has 2 aromatic carbocycles. The summed E-state index contributed by atoms with van der Waals surface area (Å²) in [4.78, 5) is 21.9. The summed E-state index contributed by atoms with van der Waals surface area (Å²) < 4.78 is 72.6. The van der Waals surface area contributed by atoms with Crippen molar-refractivity contribution in [1.82, 2.24) is 0 Å². The Morgan fingerprint density at radius 3 is 1.82 bits per heavy atom. The first-order valence-corrected chi connectivity index (χ1v) is 9.95. The van der Waals surface area contributed by atoms with Gasteiger partial charge in [-0.1, -0.05) is 18.2 Å². The topological polar surface area (TPSA) is 109 Å². The van der Waals surface area contributed by atoms with Crippen LogP contribution in [0.4, 0.5) is 13.2 Å². The molecule has 0 aliphatic carbocycles. The molecule has 0 aliphatic heterocycles. The summed E-state index contributed by atoms with van der Waals surface area (Å²) in [7, 11) is -1.20. The summed E-state index contributed by atoms with van der Waals surface area (Å²) in [5, 5.41) is 0. The van der Waals surface area contributed by atoms with Gasteiger partial charge in [-0.3, -0.25) is 0 Å². The molecule has 0 unspecified atom stereocenters. The molecule has 0 N–H and O–H groups in total. The summed E-state index contributed by atoms with van der Waals surface area (Å²) >= 11 is 0. The Balaban J connectivity index is 0.00000512. The van der Waals surface area contributed by atoms with Gasteiger partial charge in [0.1, 0.15) is 7.82 Å². The van der Waals surface area contributed by atoms with Crippen LogP contribution >= 0.6 is 7.82 Å². The van der Waals surface area contributed by atoms with Crippen molar-refractivity contribution in [1.29, 1.82) is 0 Å². The van der Waals surface area contributed by atoms with Crippen LogP contribution in [0.1, 0.15) is 11.1 Å². The van der Waals surface area contributed by atoms with Crippen molar-refractivity contribution in [3.63, 3.8) is 0 Å². The van der Waals surface area contributed by atoms with E-state index in [0.717, 1.165) is 12.1 Å². The molecular formula is C19H18F3Na2O8P. The molecule has 8 nitrogen and oxygen atoms in total. The van der Waals surface area contributed by atoms with Crippen molar-refractivity contribution in [2.75, 3.05) is 27.9 Å². The van der Waals surface area contributed by atoms with E-state index in [0.29, 0.717) is 28.4 Å². The Morgan fingerprint density at radius 1 is 0.848 bits per heavy atom. The van der Waals surface area contributed by atoms with E-state index in [1.54, 1.807) is 18.2 Å². The van der Waals surface area contributed by atoms with Crippen molar-refractivity contribution in [3.05, 3.63) is 41.5 Å². The van der Waals surface area contributed by atoms with Gasteiger partial charge in [0.2, 0.25) is 5.75 Å². The first kappa shape index (κ1) is 32.1. The zero-order valence-electron chi connectivity index (χ0n) is 18.6. The molecule has 2 rings (SSSR count). The third-order valence-corrected chi connectivity index (χ3v) is 4.14. The number of phosphoric acid groups is 1. The first-order valence-electron chi connectivity index (χ1n) is 8.49. The third-order valence-electron chi connectivity index (χ3n) is 3.72. The molecule has 0 spiro atoms. The molecule has 2 aromatic rings. The Labute approximate surface area is 232 Å². The van der Waals surface area contributed by atoms with Crippen LogP contribution in [0.5, 0.6) is 28.7 Å². The molecule has 170 valence electrons. The Hall–Kier alpha value is -0.880. The number of alkyl halides is 3. The fourth-order valence-corrected chi connectivity index (χ4v) is 2.87. The van der Waals surface area contributed by atoms with Crippen molar-refractivity contribution in [2.24, 2.45) is 0 Å². The molecule has 33 heavy (non-hydrogen) atoms. The van der Waals surface area contributed by atoms with Gasteiger partial charge >= 0.3 is 65.3 Å². The van der Waals surface area contributed by atoms with Gasteiger partial charge < -0.3 is 37.8 Å². The fraction of sp³-hybridized carbons (Fsp3) is 0.263. The maximum absolute atomic E-state index is 12.4. The number of halogens is 3. The van der Waals surface area contributed by atoms with E-state index in [1.165, 1.54) is 33.5 Å². The molecule has 0 bridgehead atoms. The van der Waals surface area contributed by atoms with Gasteiger partial charge in [0, 0.05) is 0 Å². The van der Waals surface area contributed by atoms with Gasteiger partial charge in [-0.2, -0.15) is 13.2 Å². The number of ether oxygens (including phenoxy) is 4. The van der Waals surface area contributed by atoms with Crippen LogP contribution in [0.25, 0.3) is 12.2 Å². The third kappa shape index (κ3) is 10.5. The molecule has 0 saturated carbocycles. The Kier molecular flexibility index (Phi) is 13.5. The summed E-state index contributed by atoms with van der Waals surface area (Å²) in [5.41, 5.74) is 0.921. The molecule has 0 heterocycles. The van der Waals surface area contributed by atoms with E-state index in [-0.39, 0.29) is 59.1 Å². The van der Waals surface area contributed by atoms with Crippen LogP contribution < -0.4 is 92.4 Å².